The maximum absolute atomic E-state index is 12.6. The van der Waals surface area contributed by atoms with Gasteiger partial charge in [-0.3, -0.25) is 4.99 Å². The lowest BCUT2D eigenvalue weighted by molar-refractivity contribution is -0.0512. The molecule has 30 heavy (non-hydrogen) atoms. The van der Waals surface area contributed by atoms with Gasteiger partial charge in [0.2, 0.25) is 0 Å². The standard InChI is InChI=1S/C22H29F2N3O3/c1-16(18-8-5-4-6-9-18)29-13-7-12-26-22(25-2)27-15-17-10-11-19(28-3)20(14-17)30-21(23)24/h4-6,8-11,14,16,21H,7,12-13,15H2,1-3H3,(H2,25,26,27). The number of nitrogens with zero attached hydrogens (tertiary/aromatic N) is 1. The number of aliphatic imine (C=N–C) groups is 1. The molecule has 0 fully saturated rings. The molecule has 0 aliphatic heterocycles. The van der Waals surface area contributed by atoms with Crippen LogP contribution in [-0.4, -0.2) is 39.9 Å². The van der Waals surface area contributed by atoms with Crippen molar-refractivity contribution < 1.29 is 23.0 Å². The lowest BCUT2D eigenvalue weighted by Gasteiger charge is -2.15. The molecule has 0 bridgehead atoms. The van der Waals surface area contributed by atoms with Gasteiger partial charge in [0, 0.05) is 26.7 Å². The maximum atomic E-state index is 12.6. The number of nitrogens with one attached hydrogen (secondary N) is 2. The summed E-state index contributed by atoms with van der Waals surface area (Å²) in [5.41, 5.74) is 1.91. The van der Waals surface area contributed by atoms with Crippen LogP contribution in [0.15, 0.2) is 53.5 Å². The Balaban J connectivity index is 1.73. The molecule has 0 amide bonds. The van der Waals surface area contributed by atoms with Gasteiger partial charge in [0.25, 0.3) is 0 Å². The summed E-state index contributed by atoms with van der Waals surface area (Å²) in [7, 11) is 3.07. The summed E-state index contributed by atoms with van der Waals surface area (Å²) in [5.74, 6) is 0.865. The minimum absolute atomic E-state index is 0.000527. The first-order valence-corrected chi connectivity index (χ1v) is 9.76. The first-order chi connectivity index (χ1) is 14.5. The molecular weight excluding hydrogens is 392 g/mol. The van der Waals surface area contributed by atoms with Gasteiger partial charge in [-0.2, -0.15) is 8.78 Å². The summed E-state index contributed by atoms with van der Waals surface area (Å²) in [5, 5.41) is 6.35. The van der Waals surface area contributed by atoms with Crippen molar-refractivity contribution in [2.24, 2.45) is 4.99 Å². The van der Waals surface area contributed by atoms with E-state index in [4.69, 9.17) is 9.47 Å². The normalized spacial score (nSPS) is 12.5. The van der Waals surface area contributed by atoms with E-state index < -0.39 is 6.61 Å². The van der Waals surface area contributed by atoms with E-state index in [1.54, 1.807) is 19.2 Å². The second-order valence-corrected chi connectivity index (χ2v) is 6.49. The summed E-state index contributed by atoms with van der Waals surface area (Å²) in [6.07, 6.45) is 0.857. The van der Waals surface area contributed by atoms with Crippen LogP contribution in [0, 0.1) is 0 Å². The van der Waals surface area contributed by atoms with Crippen LogP contribution in [0.1, 0.15) is 30.6 Å². The summed E-state index contributed by atoms with van der Waals surface area (Å²) in [6, 6.07) is 15.0. The van der Waals surface area contributed by atoms with Crippen molar-refractivity contribution in [3.63, 3.8) is 0 Å². The molecule has 1 unspecified atom stereocenters. The first-order valence-electron chi connectivity index (χ1n) is 9.76. The van der Waals surface area contributed by atoms with E-state index in [0.717, 1.165) is 17.5 Å². The number of halogens is 2. The van der Waals surface area contributed by atoms with Crippen LogP contribution in [0.5, 0.6) is 11.5 Å². The lowest BCUT2D eigenvalue weighted by Crippen LogP contribution is -2.37. The first kappa shape index (κ1) is 23.4. The minimum atomic E-state index is -2.91. The zero-order chi connectivity index (χ0) is 21.8. The van der Waals surface area contributed by atoms with Gasteiger partial charge in [-0.15, -0.1) is 0 Å². The average molecular weight is 421 g/mol. The fourth-order valence-corrected chi connectivity index (χ4v) is 2.78. The third-order valence-electron chi connectivity index (χ3n) is 4.38. The highest BCUT2D eigenvalue weighted by Crippen LogP contribution is 2.29. The Labute approximate surface area is 176 Å². The molecule has 2 N–H and O–H groups in total. The Kier molecular flexibility index (Phi) is 9.86. The molecule has 0 aliphatic rings. The molecule has 2 aromatic carbocycles. The van der Waals surface area contributed by atoms with E-state index in [-0.39, 0.29) is 17.6 Å². The van der Waals surface area contributed by atoms with Crippen molar-refractivity contribution in [2.75, 3.05) is 27.3 Å². The molecule has 0 spiro atoms. The van der Waals surface area contributed by atoms with Crippen LogP contribution in [0.4, 0.5) is 8.78 Å². The van der Waals surface area contributed by atoms with Crippen LogP contribution < -0.4 is 20.1 Å². The number of ether oxygens (including phenoxy) is 3. The molecular formula is C22H29F2N3O3. The van der Waals surface area contributed by atoms with Gasteiger partial charge in [0.05, 0.1) is 13.2 Å². The number of guanidine groups is 1. The average Bonchev–Trinajstić information content (AvgIpc) is 2.75. The van der Waals surface area contributed by atoms with E-state index in [0.29, 0.717) is 25.7 Å². The quantitative estimate of drug-likeness (QED) is 0.325. The highest BCUT2D eigenvalue weighted by atomic mass is 19.3. The molecule has 0 aliphatic carbocycles. The van der Waals surface area contributed by atoms with Gasteiger partial charge < -0.3 is 24.8 Å². The van der Waals surface area contributed by atoms with Gasteiger partial charge in [-0.25, -0.2) is 0 Å². The summed E-state index contributed by atoms with van der Waals surface area (Å²) in [4.78, 5) is 4.17. The van der Waals surface area contributed by atoms with Crippen LogP contribution in [0.3, 0.4) is 0 Å². The molecule has 0 saturated carbocycles. The van der Waals surface area contributed by atoms with Crippen LogP contribution >= 0.6 is 0 Å². The number of rotatable bonds is 11. The number of benzene rings is 2. The van der Waals surface area contributed by atoms with Gasteiger partial charge in [-0.05, 0) is 36.6 Å². The SMILES string of the molecule is CN=C(NCCCOC(C)c1ccccc1)NCc1ccc(OC)c(OC(F)F)c1. The van der Waals surface area contributed by atoms with Crippen molar-refractivity contribution in [3.8, 4) is 11.5 Å². The summed E-state index contributed by atoms with van der Waals surface area (Å²) >= 11 is 0. The molecule has 0 heterocycles. The second-order valence-electron chi connectivity index (χ2n) is 6.49. The Morgan fingerprint density at radius 2 is 1.83 bits per heavy atom. The zero-order valence-electron chi connectivity index (χ0n) is 17.5. The van der Waals surface area contributed by atoms with Crippen molar-refractivity contribution >= 4 is 5.96 Å². The van der Waals surface area contributed by atoms with E-state index >= 15 is 0 Å². The molecule has 1 atom stereocenters. The highest BCUT2D eigenvalue weighted by molar-refractivity contribution is 5.79. The smallest absolute Gasteiger partial charge is 0.387 e. The third kappa shape index (κ3) is 7.87. The zero-order valence-corrected chi connectivity index (χ0v) is 17.5. The second kappa shape index (κ2) is 12.6. The fraction of sp³-hybridized carbons (Fsp3) is 0.409. The number of methoxy groups -OCH3 is 1. The Hall–Kier alpha value is -2.87. The molecule has 6 nitrogen and oxygen atoms in total. The number of alkyl halides is 2. The van der Waals surface area contributed by atoms with Gasteiger partial charge >= 0.3 is 6.61 Å². The molecule has 0 saturated heterocycles. The Morgan fingerprint density at radius 1 is 1.07 bits per heavy atom. The monoisotopic (exact) mass is 421 g/mol. The van der Waals surface area contributed by atoms with Crippen molar-refractivity contribution in [1.82, 2.24) is 10.6 Å². The molecule has 8 heteroatoms. The third-order valence-corrected chi connectivity index (χ3v) is 4.38. The van der Waals surface area contributed by atoms with E-state index in [1.165, 1.54) is 13.2 Å². The predicted octanol–water partition coefficient (Wildman–Crippen LogP) is 4.13. The molecule has 0 aromatic heterocycles. The van der Waals surface area contributed by atoms with Crippen LogP contribution in [0.2, 0.25) is 0 Å². The fourth-order valence-electron chi connectivity index (χ4n) is 2.78. The summed E-state index contributed by atoms with van der Waals surface area (Å²) < 4.78 is 40.5. The Morgan fingerprint density at radius 3 is 2.50 bits per heavy atom. The highest BCUT2D eigenvalue weighted by Gasteiger charge is 2.11. The van der Waals surface area contributed by atoms with Crippen molar-refractivity contribution in [1.29, 1.82) is 0 Å². The predicted molar refractivity (Wildman–Crippen MR) is 113 cm³/mol. The molecule has 0 radical (unpaired) electrons. The Bertz CT molecular complexity index is 788. The van der Waals surface area contributed by atoms with Crippen molar-refractivity contribution in [2.45, 2.75) is 32.6 Å². The van der Waals surface area contributed by atoms with Gasteiger partial charge in [0.15, 0.2) is 17.5 Å². The lowest BCUT2D eigenvalue weighted by atomic mass is 10.1. The largest absolute Gasteiger partial charge is 0.493 e. The maximum Gasteiger partial charge on any atom is 0.387 e. The number of hydrogen-bond donors (Lipinski definition) is 2. The minimum Gasteiger partial charge on any atom is -0.493 e. The summed E-state index contributed by atoms with van der Waals surface area (Å²) in [6.45, 7) is 0.814. The topological polar surface area (TPSA) is 64.1 Å². The van der Waals surface area contributed by atoms with Crippen LogP contribution in [0.25, 0.3) is 0 Å². The van der Waals surface area contributed by atoms with E-state index in [1.807, 2.05) is 37.3 Å². The van der Waals surface area contributed by atoms with Crippen LogP contribution in [-0.2, 0) is 11.3 Å². The molecule has 164 valence electrons. The van der Waals surface area contributed by atoms with Crippen molar-refractivity contribution in [3.05, 3.63) is 59.7 Å². The van der Waals surface area contributed by atoms with Gasteiger partial charge in [-0.1, -0.05) is 36.4 Å². The molecule has 2 rings (SSSR count). The van der Waals surface area contributed by atoms with E-state index in [2.05, 4.69) is 20.4 Å². The van der Waals surface area contributed by atoms with E-state index in [9.17, 15) is 8.78 Å². The number of hydrogen-bond acceptors (Lipinski definition) is 4. The van der Waals surface area contributed by atoms with Gasteiger partial charge in [0.1, 0.15) is 0 Å². The molecule has 2 aromatic rings.